The number of aromatic amines is 1. The molecule has 2 heterocycles. The van der Waals surface area contributed by atoms with Crippen molar-refractivity contribution in [2.45, 2.75) is 26.0 Å². The number of nitrogens with one attached hydrogen (secondary N) is 3. The molecule has 1 aliphatic heterocycles. The van der Waals surface area contributed by atoms with Crippen molar-refractivity contribution in [2.75, 3.05) is 6.61 Å². The minimum Gasteiger partial charge on any atom is -0.494 e. The quantitative estimate of drug-likeness (QED) is 0.522. The van der Waals surface area contributed by atoms with Crippen LogP contribution >= 0.6 is 0 Å². The summed E-state index contributed by atoms with van der Waals surface area (Å²) in [6.45, 7) is 2.78. The Morgan fingerprint density at radius 3 is 2.80 bits per heavy atom. The topological polar surface area (TPSA) is 105 Å². The third-order valence-corrected chi connectivity index (χ3v) is 4.74. The summed E-state index contributed by atoms with van der Waals surface area (Å²) < 4.78 is 11.1. The summed E-state index contributed by atoms with van der Waals surface area (Å²) in [5.41, 5.74) is 2.84. The zero-order valence-corrected chi connectivity index (χ0v) is 16.5. The van der Waals surface area contributed by atoms with Crippen molar-refractivity contribution in [3.8, 4) is 5.75 Å². The second-order valence-electron chi connectivity index (χ2n) is 6.94. The first-order valence-electron chi connectivity index (χ1n) is 9.73. The maximum absolute atomic E-state index is 12.8. The van der Waals surface area contributed by atoms with Crippen LogP contribution in [0.2, 0.25) is 0 Å². The van der Waals surface area contributed by atoms with E-state index in [4.69, 9.17) is 9.47 Å². The number of benzene rings is 2. The van der Waals surface area contributed by atoms with Crippen LogP contribution in [0.25, 0.3) is 10.9 Å². The average molecular weight is 406 g/mol. The molecule has 8 heteroatoms. The molecule has 0 fully saturated rings. The molecule has 0 saturated heterocycles. The van der Waals surface area contributed by atoms with Gasteiger partial charge < -0.3 is 20.1 Å². The Balaban J connectivity index is 1.47. The normalized spacial score (nSPS) is 15.8. The number of aromatic nitrogens is 2. The Kier molecular flexibility index (Phi) is 5.65. The fourth-order valence-corrected chi connectivity index (χ4v) is 3.21. The van der Waals surface area contributed by atoms with Crippen LogP contribution in [-0.4, -0.2) is 28.8 Å². The number of H-pyrrole nitrogens is 1. The summed E-state index contributed by atoms with van der Waals surface area (Å²) in [5, 5.41) is 13.1. The van der Waals surface area contributed by atoms with E-state index >= 15 is 0 Å². The lowest BCUT2D eigenvalue weighted by Gasteiger charge is -2.25. The largest absolute Gasteiger partial charge is 0.494 e. The van der Waals surface area contributed by atoms with Crippen molar-refractivity contribution >= 4 is 22.9 Å². The molecule has 2 amide bonds. The number of urea groups is 1. The standard InChI is InChI=1S/C22H22N4O4/c1-2-9-29-17-6-4-15(5-7-17)20-18(12-23-22(28)25-20)21(27)30-13-14-3-8-19-16(10-14)11-24-26-19/h3-8,10-12,20H,2,9,13H2,1H3,(H,24,26)(H2,23,25,28). The molecule has 0 spiro atoms. The number of nitrogens with zero attached hydrogens (tertiary/aromatic N) is 1. The van der Waals surface area contributed by atoms with Crippen LogP contribution in [0.15, 0.2) is 60.4 Å². The fraction of sp³-hybridized carbons (Fsp3) is 0.227. The SMILES string of the molecule is CCCOc1ccc(C2NC(=O)NC=C2C(=O)OCc2ccc3[nH]ncc3c2)cc1. The first-order chi connectivity index (χ1) is 14.6. The van der Waals surface area contributed by atoms with Gasteiger partial charge >= 0.3 is 12.0 Å². The number of fused-ring (bicyclic) bond motifs is 1. The van der Waals surface area contributed by atoms with Crippen molar-refractivity contribution in [3.05, 3.63) is 71.6 Å². The van der Waals surface area contributed by atoms with E-state index in [0.29, 0.717) is 12.2 Å². The molecular formula is C22H22N4O4. The second kappa shape index (κ2) is 8.69. The number of esters is 1. The molecule has 0 saturated carbocycles. The van der Waals surface area contributed by atoms with E-state index in [1.807, 2.05) is 49.4 Å². The van der Waals surface area contributed by atoms with Crippen molar-refractivity contribution in [1.82, 2.24) is 20.8 Å². The molecule has 0 aliphatic carbocycles. The van der Waals surface area contributed by atoms with Gasteiger partial charge in [-0.1, -0.05) is 25.1 Å². The Morgan fingerprint density at radius 2 is 2.00 bits per heavy atom. The van der Waals surface area contributed by atoms with Gasteiger partial charge in [0.05, 0.1) is 29.9 Å². The molecule has 4 rings (SSSR count). The maximum Gasteiger partial charge on any atom is 0.338 e. The molecule has 2 aromatic carbocycles. The highest BCUT2D eigenvalue weighted by molar-refractivity contribution is 5.93. The molecule has 0 bridgehead atoms. The summed E-state index contributed by atoms with van der Waals surface area (Å²) in [5.74, 6) is 0.231. The minimum absolute atomic E-state index is 0.113. The van der Waals surface area contributed by atoms with Crippen molar-refractivity contribution in [1.29, 1.82) is 0 Å². The molecule has 30 heavy (non-hydrogen) atoms. The third-order valence-electron chi connectivity index (χ3n) is 4.74. The van der Waals surface area contributed by atoms with Crippen LogP contribution in [0.5, 0.6) is 5.75 Å². The molecule has 1 aromatic heterocycles. The van der Waals surface area contributed by atoms with Crippen molar-refractivity contribution in [2.24, 2.45) is 0 Å². The van der Waals surface area contributed by atoms with E-state index in [2.05, 4.69) is 20.8 Å². The average Bonchev–Trinajstić information content (AvgIpc) is 3.24. The van der Waals surface area contributed by atoms with Gasteiger partial charge in [0.2, 0.25) is 0 Å². The van der Waals surface area contributed by atoms with Crippen LogP contribution in [0, 0.1) is 0 Å². The van der Waals surface area contributed by atoms with Crippen LogP contribution in [0.4, 0.5) is 4.79 Å². The van der Waals surface area contributed by atoms with Gasteiger partial charge in [-0.15, -0.1) is 0 Å². The summed E-state index contributed by atoms with van der Waals surface area (Å²) >= 11 is 0. The summed E-state index contributed by atoms with van der Waals surface area (Å²) in [6.07, 6.45) is 4.03. The molecule has 3 N–H and O–H groups in total. The van der Waals surface area contributed by atoms with E-state index in [0.717, 1.165) is 34.2 Å². The molecule has 1 atom stereocenters. The number of carbonyl (C=O) groups is 2. The molecular weight excluding hydrogens is 384 g/mol. The summed E-state index contributed by atoms with van der Waals surface area (Å²) in [4.78, 5) is 24.6. The molecule has 1 unspecified atom stereocenters. The van der Waals surface area contributed by atoms with E-state index < -0.39 is 12.0 Å². The zero-order chi connectivity index (χ0) is 20.9. The van der Waals surface area contributed by atoms with Crippen LogP contribution in [-0.2, 0) is 16.1 Å². The number of carbonyl (C=O) groups excluding carboxylic acids is 2. The maximum atomic E-state index is 12.8. The van der Waals surface area contributed by atoms with Gasteiger partial charge in [0.15, 0.2) is 0 Å². The highest BCUT2D eigenvalue weighted by Crippen LogP contribution is 2.27. The lowest BCUT2D eigenvalue weighted by Crippen LogP contribution is -2.42. The fourth-order valence-electron chi connectivity index (χ4n) is 3.21. The summed E-state index contributed by atoms with van der Waals surface area (Å²) in [7, 11) is 0. The van der Waals surface area contributed by atoms with Crippen LogP contribution in [0.1, 0.15) is 30.5 Å². The van der Waals surface area contributed by atoms with E-state index in [-0.39, 0.29) is 12.6 Å². The monoisotopic (exact) mass is 406 g/mol. The van der Waals surface area contributed by atoms with Crippen molar-refractivity contribution in [3.63, 3.8) is 0 Å². The Morgan fingerprint density at radius 1 is 1.17 bits per heavy atom. The molecule has 154 valence electrons. The Bertz CT molecular complexity index is 1090. The molecule has 8 nitrogen and oxygen atoms in total. The Labute approximate surface area is 173 Å². The lowest BCUT2D eigenvalue weighted by atomic mass is 9.98. The highest BCUT2D eigenvalue weighted by atomic mass is 16.5. The third kappa shape index (κ3) is 4.27. The van der Waals surface area contributed by atoms with Crippen LogP contribution in [0.3, 0.4) is 0 Å². The van der Waals surface area contributed by atoms with Gasteiger partial charge in [-0.2, -0.15) is 5.10 Å². The number of rotatable bonds is 7. The van der Waals surface area contributed by atoms with Gasteiger partial charge in [-0.3, -0.25) is 5.10 Å². The molecule has 3 aromatic rings. The summed E-state index contributed by atoms with van der Waals surface area (Å²) in [6, 6.07) is 12.0. The van der Waals surface area contributed by atoms with Gasteiger partial charge in [0.1, 0.15) is 12.4 Å². The number of hydrogen-bond donors (Lipinski definition) is 3. The van der Waals surface area contributed by atoms with E-state index in [1.54, 1.807) is 6.20 Å². The Hall–Kier alpha value is -3.81. The number of ether oxygens (including phenoxy) is 2. The van der Waals surface area contributed by atoms with Gasteiger partial charge in [-0.05, 0) is 41.8 Å². The second-order valence-corrected chi connectivity index (χ2v) is 6.94. The lowest BCUT2D eigenvalue weighted by molar-refractivity contribution is -0.140. The molecule has 0 radical (unpaired) electrons. The zero-order valence-electron chi connectivity index (χ0n) is 16.5. The van der Waals surface area contributed by atoms with Crippen molar-refractivity contribution < 1.29 is 19.1 Å². The predicted molar refractivity (Wildman–Crippen MR) is 111 cm³/mol. The number of amides is 2. The number of hydrogen-bond acceptors (Lipinski definition) is 5. The van der Waals surface area contributed by atoms with E-state index in [9.17, 15) is 9.59 Å². The van der Waals surface area contributed by atoms with E-state index in [1.165, 1.54) is 6.20 Å². The van der Waals surface area contributed by atoms with Crippen LogP contribution < -0.4 is 15.4 Å². The smallest absolute Gasteiger partial charge is 0.338 e. The van der Waals surface area contributed by atoms with Gasteiger partial charge in [0, 0.05) is 11.6 Å². The highest BCUT2D eigenvalue weighted by Gasteiger charge is 2.29. The van der Waals surface area contributed by atoms with Gasteiger partial charge in [-0.25, -0.2) is 9.59 Å². The first-order valence-corrected chi connectivity index (χ1v) is 9.73. The first kappa shape index (κ1) is 19.5. The molecule has 1 aliphatic rings. The van der Waals surface area contributed by atoms with Gasteiger partial charge in [0.25, 0.3) is 0 Å². The predicted octanol–water partition coefficient (Wildman–Crippen LogP) is 3.33. The minimum atomic E-state index is -0.608.